The molecule has 0 atom stereocenters. The van der Waals surface area contributed by atoms with Gasteiger partial charge in [-0.15, -0.1) is 0 Å². The highest BCUT2D eigenvalue weighted by Gasteiger charge is 2.14. The van der Waals surface area contributed by atoms with E-state index in [1.54, 1.807) is 12.5 Å². The number of hydrogen-bond acceptors (Lipinski definition) is 2. The van der Waals surface area contributed by atoms with Gasteiger partial charge in [-0.05, 0) is 23.3 Å². The third kappa shape index (κ3) is 1.48. The number of ether oxygens (including phenoxy) is 1. The van der Waals surface area contributed by atoms with Gasteiger partial charge in [0.1, 0.15) is 6.61 Å². The van der Waals surface area contributed by atoms with Crippen molar-refractivity contribution in [1.29, 1.82) is 0 Å². The lowest BCUT2D eigenvalue weighted by molar-refractivity contribution is 0.233. The molecule has 0 N–H and O–H groups in total. The first-order valence-electron chi connectivity index (χ1n) is 5.26. The lowest BCUT2D eigenvalue weighted by Crippen LogP contribution is -2.03. The summed E-state index contributed by atoms with van der Waals surface area (Å²) in [7, 11) is 0. The number of pyridine rings is 1. The van der Waals surface area contributed by atoms with Crippen LogP contribution in [-0.4, -0.2) is 4.98 Å². The monoisotopic (exact) mass is 209 g/mol. The first kappa shape index (κ1) is 9.16. The van der Waals surface area contributed by atoms with Crippen molar-refractivity contribution in [3.8, 4) is 0 Å². The molecule has 1 aromatic carbocycles. The van der Waals surface area contributed by atoms with Crippen molar-refractivity contribution in [1.82, 2.24) is 4.98 Å². The van der Waals surface area contributed by atoms with Crippen LogP contribution in [-0.2, 0) is 11.3 Å². The first-order valence-corrected chi connectivity index (χ1v) is 5.26. The summed E-state index contributed by atoms with van der Waals surface area (Å²) in [6.07, 6.45) is 3.60. The Bertz CT molecular complexity index is 531. The fourth-order valence-electron chi connectivity index (χ4n) is 1.91. The minimum Gasteiger partial charge on any atom is -0.496 e. The van der Waals surface area contributed by atoms with Crippen LogP contribution in [0.4, 0.5) is 0 Å². The van der Waals surface area contributed by atoms with Crippen LogP contribution in [0.2, 0.25) is 0 Å². The van der Waals surface area contributed by atoms with Crippen molar-refractivity contribution in [3.63, 3.8) is 0 Å². The molecule has 78 valence electrons. The minimum atomic E-state index is 0.645. The van der Waals surface area contributed by atoms with Crippen molar-refractivity contribution < 1.29 is 4.74 Å². The highest BCUT2D eigenvalue weighted by atomic mass is 16.5. The van der Waals surface area contributed by atoms with E-state index in [4.69, 9.17) is 4.74 Å². The molecule has 1 aliphatic rings. The Hall–Kier alpha value is -2.09. The summed E-state index contributed by atoms with van der Waals surface area (Å²) in [6, 6.07) is 14.2. The van der Waals surface area contributed by atoms with Crippen molar-refractivity contribution in [2.75, 3.05) is 0 Å². The maximum atomic E-state index is 5.46. The average Bonchev–Trinajstić information content (AvgIpc) is 2.39. The van der Waals surface area contributed by atoms with Gasteiger partial charge in [0, 0.05) is 11.8 Å². The van der Waals surface area contributed by atoms with Crippen molar-refractivity contribution in [3.05, 3.63) is 71.7 Å². The summed E-state index contributed by atoms with van der Waals surface area (Å²) in [5, 5.41) is 0. The molecule has 0 unspecified atom stereocenters. The van der Waals surface area contributed by atoms with E-state index in [2.05, 4.69) is 17.1 Å². The molecule has 2 heterocycles. The SMILES string of the molecule is C1=C(c2ccccn2)c2ccccc2CO1. The fourth-order valence-corrected chi connectivity index (χ4v) is 1.91. The zero-order valence-electron chi connectivity index (χ0n) is 8.76. The molecule has 16 heavy (non-hydrogen) atoms. The first-order chi connectivity index (χ1) is 7.95. The largest absolute Gasteiger partial charge is 0.496 e. The number of hydrogen-bond donors (Lipinski definition) is 0. The predicted octanol–water partition coefficient (Wildman–Crippen LogP) is 3.00. The summed E-state index contributed by atoms with van der Waals surface area (Å²) in [4.78, 5) is 4.35. The summed E-state index contributed by atoms with van der Waals surface area (Å²) < 4.78 is 5.46. The average molecular weight is 209 g/mol. The van der Waals surface area contributed by atoms with Crippen LogP contribution in [0.5, 0.6) is 0 Å². The molecule has 0 fully saturated rings. The van der Waals surface area contributed by atoms with Crippen molar-refractivity contribution in [2.45, 2.75) is 6.61 Å². The van der Waals surface area contributed by atoms with E-state index in [1.807, 2.05) is 30.3 Å². The maximum absolute atomic E-state index is 5.46. The Balaban J connectivity index is 2.13. The molecule has 1 aliphatic heterocycles. The molecule has 0 saturated heterocycles. The van der Waals surface area contributed by atoms with E-state index >= 15 is 0 Å². The summed E-state index contributed by atoms with van der Waals surface area (Å²) in [5.41, 5.74) is 4.44. The van der Waals surface area contributed by atoms with Crippen LogP contribution >= 0.6 is 0 Å². The zero-order chi connectivity index (χ0) is 10.8. The lowest BCUT2D eigenvalue weighted by atomic mass is 9.97. The zero-order valence-corrected chi connectivity index (χ0v) is 8.76. The van der Waals surface area contributed by atoms with Crippen molar-refractivity contribution in [2.24, 2.45) is 0 Å². The van der Waals surface area contributed by atoms with E-state index in [1.165, 1.54) is 11.1 Å². The predicted molar refractivity (Wildman–Crippen MR) is 62.5 cm³/mol. The van der Waals surface area contributed by atoms with Crippen molar-refractivity contribution >= 4 is 5.57 Å². The van der Waals surface area contributed by atoms with Gasteiger partial charge >= 0.3 is 0 Å². The van der Waals surface area contributed by atoms with Crippen LogP contribution in [0, 0.1) is 0 Å². The second kappa shape index (κ2) is 3.81. The molecule has 2 heteroatoms. The third-order valence-electron chi connectivity index (χ3n) is 2.69. The number of aromatic nitrogens is 1. The van der Waals surface area contributed by atoms with Gasteiger partial charge in [0.2, 0.25) is 0 Å². The number of nitrogens with zero attached hydrogens (tertiary/aromatic N) is 1. The Morgan fingerprint density at radius 1 is 1.00 bits per heavy atom. The number of benzene rings is 1. The standard InChI is InChI=1S/C14H11NO/c1-2-6-12-11(5-1)9-16-10-13(12)14-7-3-4-8-15-14/h1-8,10H,9H2. The number of fused-ring (bicyclic) bond motifs is 1. The van der Waals surface area contributed by atoms with Crippen LogP contribution in [0.1, 0.15) is 16.8 Å². The number of rotatable bonds is 1. The van der Waals surface area contributed by atoms with Gasteiger partial charge in [0.15, 0.2) is 0 Å². The van der Waals surface area contributed by atoms with Crippen LogP contribution in [0.3, 0.4) is 0 Å². The molecule has 3 rings (SSSR count). The molecule has 0 spiro atoms. The quantitative estimate of drug-likeness (QED) is 0.720. The van der Waals surface area contributed by atoms with Crippen LogP contribution in [0.25, 0.3) is 5.57 Å². The maximum Gasteiger partial charge on any atom is 0.113 e. The Morgan fingerprint density at radius 2 is 1.88 bits per heavy atom. The molecule has 2 nitrogen and oxygen atoms in total. The molecule has 0 radical (unpaired) electrons. The van der Waals surface area contributed by atoms with Gasteiger partial charge in [-0.3, -0.25) is 4.98 Å². The smallest absolute Gasteiger partial charge is 0.113 e. The molecule has 2 aromatic rings. The Morgan fingerprint density at radius 3 is 2.75 bits per heavy atom. The van der Waals surface area contributed by atoms with Gasteiger partial charge in [0.25, 0.3) is 0 Å². The topological polar surface area (TPSA) is 22.1 Å². The van der Waals surface area contributed by atoms with Gasteiger partial charge in [-0.25, -0.2) is 0 Å². The van der Waals surface area contributed by atoms with Gasteiger partial charge < -0.3 is 4.74 Å². The molecule has 0 saturated carbocycles. The molecule has 1 aromatic heterocycles. The van der Waals surface area contributed by atoms with E-state index in [0.717, 1.165) is 11.3 Å². The van der Waals surface area contributed by atoms with Gasteiger partial charge in [-0.1, -0.05) is 30.3 Å². The fraction of sp³-hybridized carbons (Fsp3) is 0.0714. The summed E-state index contributed by atoms with van der Waals surface area (Å²) in [6.45, 7) is 0.645. The Kier molecular flexibility index (Phi) is 2.18. The van der Waals surface area contributed by atoms with Crippen LogP contribution < -0.4 is 0 Å². The Labute approximate surface area is 94.2 Å². The minimum absolute atomic E-state index is 0.645. The molecular weight excluding hydrogens is 198 g/mol. The molecule has 0 bridgehead atoms. The molecule has 0 amide bonds. The normalized spacial score (nSPS) is 13.6. The van der Waals surface area contributed by atoms with E-state index in [0.29, 0.717) is 6.61 Å². The highest BCUT2D eigenvalue weighted by molar-refractivity contribution is 5.79. The molecule has 0 aliphatic carbocycles. The lowest BCUT2D eigenvalue weighted by Gasteiger charge is -2.17. The third-order valence-corrected chi connectivity index (χ3v) is 2.69. The summed E-state index contributed by atoms with van der Waals surface area (Å²) in [5.74, 6) is 0. The van der Waals surface area contributed by atoms with Gasteiger partial charge in [-0.2, -0.15) is 0 Å². The van der Waals surface area contributed by atoms with Gasteiger partial charge in [0.05, 0.1) is 12.0 Å². The van der Waals surface area contributed by atoms with E-state index < -0.39 is 0 Å². The molecular formula is C14H11NO. The summed E-state index contributed by atoms with van der Waals surface area (Å²) >= 11 is 0. The second-order valence-corrected chi connectivity index (χ2v) is 3.71. The van der Waals surface area contributed by atoms with Crippen LogP contribution in [0.15, 0.2) is 54.9 Å². The van der Waals surface area contributed by atoms with E-state index in [-0.39, 0.29) is 0 Å². The second-order valence-electron chi connectivity index (χ2n) is 3.71. The highest BCUT2D eigenvalue weighted by Crippen LogP contribution is 2.28. The van der Waals surface area contributed by atoms with E-state index in [9.17, 15) is 0 Å².